The van der Waals surface area contributed by atoms with E-state index >= 15 is 0 Å². The Hall–Kier alpha value is -2.70. The van der Waals surface area contributed by atoms with E-state index in [1.54, 1.807) is 19.2 Å². The third-order valence-electron chi connectivity index (χ3n) is 2.63. The van der Waals surface area contributed by atoms with Crippen LogP contribution in [0.25, 0.3) is 0 Å². The van der Waals surface area contributed by atoms with Gasteiger partial charge in [0.2, 0.25) is 0 Å². The average Bonchev–Trinajstić information content (AvgIpc) is 2.32. The van der Waals surface area contributed by atoms with Crippen molar-refractivity contribution in [3.05, 3.63) is 62.1 Å². The quantitative estimate of drug-likeness (QED) is 0.505. The highest BCUT2D eigenvalue weighted by atomic mass is 16.6. The molecule has 2 aromatic rings. The molecule has 0 atom stereocenters. The minimum Gasteiger partial charge on any atom is -0.393 e. The molecule has 2 N–H and O–H groups in total. The van der Waals surface area contributed by atoms with Crippen LogP contribution in [-0.4, -0.2) is 14.7 Å². The fraction of sp³-hybridized carbons (Fsp3) is 0.167. The van der Waals surface area contributed by atoms with Crippen molar-refractivity contribution in [3.63, 3.8) is 0 Å². The number of hydrogen-bond donors (Lipinski definition) is 1. The summed E-state index contributed by atoms with van der Waals surface area (Å²) in [5.41, 5.74) is 6.75. The number of nitro benzene ring substituents is 1. The van der Waals surface area contributed by atoms with Crippen molar-refractivity contribution in [2.75, 3.05) is 5.73 Å². The molecule has 0 radical (unpaired) electrons. The number of rotatable bonds is 3. The Kier molecular flexibility index (Phi) is 3.28. The largest absolute Gasteiger partial charge is 0.393 e. The van der Waals surface area contributed by atoms with Gasteiger partial charge in [-0.05, 0) is 24.1 Å². The minimum atomic E-state index is -0.546. The Bertz CT molecular complexity index is 694. The number of hydrogen-bond acceptors (Lipinski definition) is 5. The molecule has 0 aliphatic rings. The van der Waals surface area contributed by atoms with E-state index in [4.69, 9.17) is 5.73 Å². The van der Waals surface area contributed by atoms with Crippen LogP contribution in [0.2, 0.25) is 0 Å². The first kappa shape index (κ1) is 12.7. The zero-order chi connectivity index (χ0) is 14.0. The monoisotopic (exact) mass is 260 g/mol. The maximum Gasteiger partial charge on any atom is 0.292 e. The lowest BCUT2D eigenvalue weighted by molar-refractivity contribution is -0.383. The first-order valence-corrected chi connectivity index (χ1v) is 5.54. The Morgan fingerprint density at radius 2 is 2.16 bits per heavy atom. The van der Waals surface area contributed by atoms with E-state index in [1.165, 1.54) is 22.9 Å². The van der Waals surface area contributed by atoms with E-state index in [1.807, 2.05) is 0 Å². The van der Waals surface area contributed by atoms with Gasteiger partial charge in [-0.15, -0.1) is 0 Å². The third-order valence-corrected chi connectivity index (χ3v) is 2.63. The number of aryl methyl sites for hydroxylation is 1. The van der Waals surface area contributed by atoms with Gasteiger partial charge in [0.1, 0.15) is 5.69 Å². The van der Waals surface area contributed by atoms with Crippen LogP contribution in [-0.2, 0) is 6.54 Å². The number of aromatic nitrogens is 2. The number of anilines is 1. The number of nitrogens with two attached hydrogens (primary N) is 1. The lowest BCUT2D eigenvalue weighted by atomic mass is 10.2. The van der Waals surface area contributed by atoms with Gasteiger partial charge in [-0.2, -0.15) is 5.10 Å². The summed E-state index contributed by atoms with van der Waals surface area (Å²) < 4.78 is 1.27. The van der Waals surface area contributed by atoms with Gasteiger partial charge < -0.3 is 5.73 Å². The Labute approximate surface area is 108 Å². The summed E-state index contributed by atoms with van der Waals surface area (Å²) in [5, 5.41) is 14.6. The molecule has 7 nitrogen and oxygen atoms in total. The number of nitro groups is 1. The molecule has 0 bridgehead atoms. The molecule has 0 saturated carbocycles. The van der Waals surface area contributed by atoms with Crippen LogP contribution in [0.1, 0.15) is 11.1 Å². The van der Waals surface area contributed by atoms with Gasteiger partial charge in [0.15, 0.2) is 0 Å². The highest BCUT2D eigenvalue weighted by Crippen LogP contribution is 2.22. The minimum absolute atomic E-state index is 0.0719. The van der Waals surface area contributed by atoms with E-state index in [-0.39, 0.29) is 23.5 Å². The maximum absolute atomic E-state index is 11.7. The van der Waals surface area contributed by atoms with Crippen molar-refractivity contribution in [3.8, 4) is 0 Å². The van der Waals surface area contributed by atoms with Crippen molar-refractivity contribution in [2.45, 2.75) is 13.5 Å². The smallest absolute Gasteiger partial charge is 0.292 e. The first-order valence-electron chi connectivity index (χ1n) is 5.54. The Morgan fingerprint density at radius 3 is 2.74 bits per heavy atom. The van der Waals surface area contributed by atoms with Gasteiger partial charge in [-0.1, -0.05) is 6.07 Å². The molecule has 98 valence electrons. The molecule has 0 fully saturated rings. The summed E-state index contributed by atoms with van der Waals surface area (Å²) >= 11 is 0. The lowest BCUT2D eigenvalue weighted by Crippen LogP contribution is -2.22. The van der Waals surface area contributed by atoms with Crippen LogP contribution in [0.3, 0.4) is 0 Å². The highest BCUT2D eigenvalue weighted by molar-refractivity contribution is 5.59. The van der Waals surface area contributed by atoms with Gasteiger partial charge in [0.25, 0.3) is 11.2 Å². The fourth-order valence-corrected chi connectivity index (χ4v) is 1.68. The molecule has 19 heavy (non-hydrogen) atoms. The molecule has 1 aromatic carbocycles. The predicted molar refractivity (Wildman–Crippen MR) is 69.8 cm³/mol. The van der Waals surface area contributed by atoms with Crippen LogP contribution < -0.4 is 11.3 Å². The van der Waals surface area contributed by atoms with Crippen molar-refractivity contribution in [1.82, 2.24) is 9.78 Å². The molecule has 0 aliphatic carbocycles. The van der Waals surface area contributed by atoms with Crippen molar-refractivity contribution in [2.24, 2.45) is 0 Å². The van der Waals surface area contributed by atoms with Crippen LogP contribution in [0.5, 0.6) is 0 Å². The average molecular weight is 260 g/mol. The van der Waals surface area contributed by atoms with Gasteiger partial charge >= 0.3 is 0 Å². The molecule has 1 aromatic heterocycles. The normalized spacial score (nSPS) is 10.4. The van der Waals surface area contributed by atoms with Crippen LogP contribution >= 0.6 is 0 Å². The van der Waals surface area contributed by atoms with Gasteiger partial charge in [-0.3, -0.25) is 14.9 Å². The lowest BCUT2D eigenvalue weighted by Gasteiger charge is -2.05. The second-order valence-electron chi connectivity index (χ2n) is 4.18. The number of nitrogens with zero attached hydrogens (tertiary/aromatic N) is 3. The van der Waals surface area contributed by atoms with E-state index in [2.05, 4.69) is 5.10 Å². The molecule has 2 rings (SSSR count). The standard InChI is InChI=1S/C12H12N4O3/c1-8-4-12(17)15(14-6-8)7-9-2-3-11(16(18)19)10(13)5-9/h2-6H,7,13H2,1H3. The number of nitrogen functional groups attached to an aromatic ring is 1. The molecule has 0 aliphatic heterocycles. The van der Waals surface area contributed by atoms with Crippen molar-refractivity contribution in [1.29, 1.82) is 0 Å². The second kappa shape index (κ2) is 4.89. The number of benzene rings is 1. The maximum atomic E-state index is 11.7. The van der Waals surface area contributed by atoms with Crippen LogP contribution in [0.4, 0.5) is 11.4 Å². The van der Waals surface area contributed by atoms with E-state index < -0.39 is 4.92 Å². The SMILES string of the molecule is Cc1cnn(Cc2ccc([N+](=O)[O-])c(N)c2)c(=O)c1. The fourth-order valence-electron chi connectivity index (χ4n) is 1.68. The summed E-state index contributed by atoms with van der Waals surface area (Å²) in [6, 6.07) is 5.83. The highest BCUT2D eigenvalue weighted by Gasteiger charge is 2.11. The summed E-state index contributed by atoms with van der Waals surface area (Å²) in [5.74, 6) is 0. The molecular formula is C12H12N4O3. The Morgan fingerprint density at radius 1 is 1.42 bits per heavy atom. The predicted octanol–water partition coefficient (Wildman–Crippen LogP) is 1.09. The van der Waals surface area contributed by atoms with Gasteiger partial charge in [-0.25, -0.2) is 4.68 Å². The summed E-state index contributed by atoms with van der Waals surface area (Å²) in [7, 11) is 0. The summed E-state index contributed by atoms with van der Waals surface area (Å²) in [4.78, 5) is 21.8. The van der Waals surface area contributed by atoms with Gasteiger partial charge in [0.05, 0.1) is 17.7 Å². The topological polar surface area (TPSA) is 104 Å². The zero-order valence-electron chi connectivity index (χ0n) is 10.2. The van der Waals surface area contributed by atoms with E-state index in [9.17, 15) is 14.9 Å². The molecule has 0 amide bonds. The molecule has 0 saturated heterocycles. The van der Waals surface area contributed by atoms with Crippen LogP contribution in [0, 0.1) is 17.0 Å². The molecule has 7 heteroatoms. The second-order valence-corrected chi connectivity index (χ2v) is 4.18. The third kappa shape index (κ3) is 2.76. The summed E-state index contributed by atoms with van der Waals surface area (Å²) in [6.07, 6.45) is 1.58. The van der Waals surface area contributed by atoms with Gasteiger partial charge in [0, 0.05) is 12.1 Å². The van der Waals surface area contributed by atoms with Crippen molar-refractivity contribution < 1.29 is 4.92 Å². The van der Waals surface area contributed by atoms with E-state index in [0.717, 1.165) is 5.56 Å². The molecule has 1 heterocycles. The molecule has 0 unspecified atom stereocenters. The Balaban J connectivity index is 2.31. The van der Waals surface area contributed by atoms with Crippen LogP contribution in [0.15, 0.2) is 35.3 Å². The zero-order valence-corrected chi connectivity index (χ0v) is 10.2. The molecule has 0 spiro atoms. The van der Waals surface area contributed by atoms with E-state index in [0.29, 0.717) is 5.56 Å². The van der Waals surface area contributed by atoms with Crippen molar-refractivity contribution >= 4 is 11.4 Å². The first-order chi connectivity index (χ1) is 8.97. The molecular weight excluding hydrogens is 248 g/mol. The summed E-state index contributed by atoms with van der Waals surface area (Å²) in [6.45, 7) is 2.00.